The molecule has 2 aromatic carbocycles. The van der Waals surface area contributed by atoms with Crippen LogP contribution in [0.4, 0.5) is 4.79 Å². The number of amides is 3. The molecule has 0 saturated carbocycles. The number of Topliss-reactive ketones (excluding diaryl/α,β-unsaturated/α-hetero) is 1. The number of halogens is 1. The quantitative estimate of drug-likeness (QED) is 0.626. The summed E-state index contributed by atoms with van der Waals surface area (Å²) >= 11 is 5.94. The van der Waals surface area contributed by atoms with Crippen LogP contribution in [-0.2, 0) is 10.3 Å². The van der Waals surface area contributed by atoms with Crippen LogP contribution in [0.5, 0.6) is 0 Å². The molecule has 1 heterocycles. The Labute approximate surface area is 163 Å². The molecule has 6 heteroatoms. The topological polar surface area (TPSA) is 66.5 Å². The SMILES string of the molecule is CC[C@]1(c2ccc(Cl)cc2)NC(=O)N(CC(=O)c2cc(C)ccc2C)C1=O. The largest absolute Gasteiger partial charge is 0.325 e. The fourth-order valence-electron chi connectivity index (χ4n) is 3.41. The predicted molar refractivity (Wildman–Crippen MR) is 104 cm³/mol. The summed E-state index contributed by atoms with van der Waals surface area (Å²) in [7, 11) is 0. The van der Waals surface area contributed by atoms with E-state index in [1.807, 2.05) is 32.9 Å². The Bertz CT molecular complexity index is 924. The summed E-state index contributed by atoms with van der Waals surface area (Å²) in [5.74, 6) is -0.682. The van der Waals surface area contributed by atoms with Gasteiger partial charge in [0.1, 0.15) is 5.54 Å². The van der Waals surface area contributed by atoms with Gasteiger partial charge in [-0.1, -0.05) is 48.4 Å². The second-order valence-electron chi connectivity index (χ2n) is 6.83. The lowest BCUT2D eigenvalue weighted by molar-refractivity contribution is -0.131. The number of nitrogens with zero attached hydrogens (tertiary/aromatic N) is 1. The van der Waals surface area contributed by atoms with Crippen molar-refractivity contribution in [2.24, 2.45) is 0 Å². The monoisotopic (exact) mass is 384 g/mol. The van der Waals surface area contributed by atoms with Gasteiger partial charge in [0, 0.05) is 10.6 Å². The Balaban J connectivity index is 1.90. The van der Waals surface area contributed by atoms with Crippen LogP contribution >= 0.6 is 11.6 Å². The molecule has 1 aliphatic rings. The maximum absolute atomic E-state index is 13.1. The number of aryl methyl sites for hydroxylation is 2. The lowest BCUT2D eigenvalue weighted by Crippen LogP contribution is -2.43. The number of nitrogens with one attached hydrogen (secondary N) is 1. The van der Waals surface area contributed by atoms with E-state index in [1.165, 1.54) is 0 Å². The van der Waals surface area contributed by atoms with Crippen LogP contribution in [-0.4, -0.2) is 29.2 Å². The Morgan fingerprint density at radius 2 is 1.78 bits per heavy atom. The standard InChI is InChI=1S/C21H21ClN2O3/c1-4-21(15-7-9-16(22)10-8-15)19(26)24(20(27)23-21)12-18(25)17-11-13(2)5-6-14(17)3/h5-11H,4,12H2,1-3H3,(H,23,27)/t21-/m1/s1. The molecule has 27 heavy (non-hydrogen) atoms. The first kappa shape index (κ1) is 19.1. The van der Waals surface area contributed by atoms with Gasteiger partial charge in [-0.3, -0.25) is 14.5 Å². The maximum atomic E-state index is 13.1. The van der Waals surface area contributed by atoms with Crippen LogP contribution in [0, 0.1) is 13.8 Å². The summed E-state index contributed by atoms with van der Waals surface area (Å²) in [6.45, 7) is 5.27. The zero-order valence-corrected chi connectivity index (χ0v) is 16.3. The zero-order chi connectivity index (χ0) is 19.8. The third-order valence-corrected chi connectivity index (χ3v) is 5.29. The van der Waals surface area contributed by atoms with Gasteiger partial charge in [0.15, 0.2) is 5.78 Å². The van der Waals surface area contributed by atoms with Gasteiger partial charge < -0.3 is 5.32 Å². The molecule has 0 bridgehead atoms. The molecule has 140 valence electrons. The van der Waals surface area contributed by atoms with Gasteiger partial charge in [-0.15, -0.1) is 0 Å². The molecule has 3 rings (SSSR count). The van der Waals surface area contributed by atoms with E-state index in [2.05, 4.69) is 5.32 Å². The molecule has 5 nitrogen and oxygen atoms in total. The van der Waals surface area contributed by atoms with E-state index in [-0.39, 0.29) is 12.3 Å². The van der Waals surface area contributed by atoms with Crippen LogP contribution < -0.4 is 5.32 Å². The minimum atomic E-state index is -1.18. The summed E-state index contributed by atoms with van der Waals surface area (Å²) in [6.07, 6.45) is 0.368. The number of ketones is 1. The van der Waals surface area contributed by atoms with E-state index >= 15 is 0 Å². The van der Waals surface area contributed by atoms with E-state index in [0.29, 0.717) is 22.6 Å². The number of hydrogen-bond donors (Lipinski definition) is 1. The van der Waals surface area contributed by atoms with Crippen LogP contribution in [0.15, 0.2) is 42.5 Å². The van der Waals surface area contributed by atoms with Crippen molar-refractivity contribution in [3.05, 3.63) is 69.7 Å². The number of hydrogen-bond acceptors (Lipinski definition) is 3. The Morgan fingerprint density at radius 1 is 1.11 bits per heavy atom. The molecule has 0 unspecified atom stereocenters. The van der Waals surface area contributed by atoms with Gasteiger partial charge in [0.25, 0.3) is 5.91 Å². The summed E-state index contributed by atoms with van der Waals surface area (Å²) in [5.41, 5.74) is 1.76. The van der Waals surface area contributed by atoms with Crippen molar-refractivity contribution < 1.29 is 14.4 Å². The van der Waals surface area contributed by atoms with E-state index in [4.69, 9.17) is 11.6 Å². The maximum Gasteiger partial charge on any atom is 0.325 e. The van der Waals surface area contributed by atoms with Gasteiger partial charge >= 0.3 is 6.03 Å². The van der Waals surface area contributed by atoms with Gasteiger partial charge in [0.05, 0.1) is 6.54 Å². The lowest BCUT2D eigenvalue weighted by Gasteiger charge is -2.25. The van der Waals surface area contributed by atoms with Crippen molar-refractivity contribution in [3.63, 3.8) is 0 Å². The minimum absolute atomic E-state index is 0.261. The molecule has 3 amide bonds. The fraction of sp³-hybridized carbons (Fsp3) is 0.286. The summed E-state index contributed by atoms with van der Waals surface area (Å²) in [5, 5.41) is 3.32. The highest BCUT2D eigenvalue weighted by atomic mass is 35.5. The second kappa shape index (κ2) is 7.16. The third kappa shape index (κ3) is 3.35. The van der Waals surface area contributed by atoms with Crippen molar-refractivity contribution >= 4 is 29.3 Å². The van der Waals surface area contributed by atoms with Gasteiger partial charge in [-0.2, -0.15) is 0 Å². The zero-order valence-electron chi connectivity index (χ0n) is 15.5. The number of imide groups is 1. The van der Waals surface area contributed by atoms with E-state index in [0.717, 1.165) is 16.0 Å². The predicted octanol–water partition coefficient (Wildman–Crippen LogP) is 4.00. The summed E-state index contributed by atoms with van der Waals surface area (Å²) < 4.78 is 0. The van der Waals surface area contributed by atoms with Crippen molar-refractivity contribution in [3.8, 4) is 0 Å². The summed E-state index contributed by atoms with van der Waals surface area (Å²) in [4.78, 5) is 39.4. The first-order valence-electron chi connectivity index (χ1n) is 8.79. The number of rotatable bonds is 5. The van der Waals surface area contributed by atoms with Gasteiger partial charge in [-0.25, -0.2) is 4.79 Å². The number of urea groups is 1. The molecule has 1 N–H and O–H groups in total. The molecule has 2 aromatic rings. The van der Waals surface area contributed by atoms with Crippen molar-refractivity contribution in [2.45, 2.75) is 32.7 Å². The molecule has 0 spiro atoms. The second-order valence-corrected chi connectivity index (χ2v) is 7.27. The first-order chi connectivity index (χ1) is 12.8. The molecule has 1 fully saturated rings. The van der Waals surface area contributed by atoms with Crippen molar-refractivity contribution in [2.75, 3.05) is 6.54 Å². The van der Waals surface area contributed by atoms with E-state index in [1.54, 1.807) is 30.3 Å². The Morgan fingerprint density at radius 3 is 2.41 bits per heavy atom. The molecule has 1 atom stereocenters. The highest BCUT2D eigenvalue weighted by Crippen LogP contribution is 2.33. The fourth-order valence-corrected chi connectivity index (χ4v) is 3.53. The van der Waals surface area contributed by atoms with E-state index in [9.17, 15) is 14.4 Å². The number of benzene rings is 2. The number of carbonyl (C=O) groups excluding carboxylic acids is 3. The smallest absolute Gasteiger partial charge is 0.319 e. The lowest BCUT2D eigenvalue weighted by atomic mass is 9.87. The number of carbonyl (C=O) groups is 3. The van der Waals surface area contributed by atoms with Crippen LogP contribution in [0.25, 0.3) is 0 Å². The Hall–Kier alpha value is -2.66. The Kier molecular flexibility index (Phi) is 5.07. The summed E-state index contributed by atoms with van der Waals surface area (Å²) in [6, 6.07) is 11.8. The molecular weight excluding hydrogens is 364 g/mol. The average Bonchev–Trinajstić information content (AvgIpc) is 2.89. The van der Waals surface area contributed by atoms with E-state index < -0.39 is 17.5 Å². The van der Waals surface area contributed by atoms with Crippen LogP contribution in [0.1, 0.15) is 40.4 Å². The average molecular weight is 385 g/mol. The highest BCUT2D eigenvalue weighted by molar-refractivity contribution is 6.30. The molecule has 0 aliphatic carbocycles. The van der Waals surface area contributed by atoms with Gasteiger partial charge in [-0.05, 0) is 49.6 Å². The van der Waals surface area contributed by atoms with Crippen molar-refractivity contribution in [1.82, 2.24) is 10.2 Å². The highest BCUT2D eigenvalue weighted by Gasteiger charge is 2.51. The van der Waals surface area contributed by atoms with Gasteiger partial charge in [0.2, 0.25) is 0 Å². The van der Waals surface area contributed by atoms with Crippen LogP contribution in [0.2, 0.25) is 5.02 Å². The first-order valence-corrected chi connectivity index (χ1v) is 9.17. The minimum Gasteiger partial charge on any atom is -0.319 e. The molecule has 1 aliphatic heterocycles. The molecular formula is C21H21ClN2O3. The van der Waals surface area contributed by atoms with Crippen LogP contribution in [0.3, 0.4) is 0 Å². The molecule has 0 aromatic heterocycles. The van der Waals surface area contributed by atoms with Crippen molar-refractivity contribution in [1.29, 1.82) is 0 Å². The normalized spacial score (nSPS) is 19.3. The molecule has 1 saturated heterocycles. The third-order valence-electron chi connectivity index (χ3n) is 5.04. The molecule has 0 radical (unpaired) electrons.